The molecular weight excluding hydrogens is 725 g/mol. The SMILES string of the molecule is CCC(C)(CC)C(=O)/C=C(\O)C(C)(CC)CC.Cc1cc2[c-]c3c(nc2c(C)c1C)Oc1ccc(C)c2c(C)cnc-3c12.[Ir]. The molecule has 5 rings (SSSR count). The van der Waals surface area contributed by atoms with Crippen LogP contribution < -0.4 is 4.74 Å². The van der Waals surface area contributed by atoms with E-state index in [0.717, 1.165) is 64.5 Å². The van der Waals surface area contributed by atoms with Gasteiger partial charge in [-0.25, -0.2) is 0 Å². The van der Waals surface area contributed by atoms with E-state index in [-0.39, 0.29) is 42.5 Å². The molecule has 2 aromatic heterocycles. The van der Waals surface area contributed by atoms with Gasteiger partial charge in [-0.3, -0.25) is 14.8 Å². The number of rotatable bonds is 7. The third-order valence-electron chi connectivity index (χ3n) is 10.3. The summed E-state index contributed by atoms with van der Waals surface area (Å²) in [6.45, 7) is 22.7. The molecule has 0 saturated carbocycles. The predicted octanol–water partition coefficient (Wildman–Crippen LogP) is 10.5. The van der Waals surface area contributed by atoms with Crippen LogP contribution in [-0.4, -0.2) is 20.9 Å². The zero-order valence-corrected chi connectivity index (χ0v) is 30.6. The number of carbonyl (C=O) groups excluding carboxylic acids is 1. The number of hydrogen-bond donors (Lipinski definition) is 1. The number of ketones is 1. The zero-order chi connectivity index (χ0) is 31.9. The van der Waals surface area contributed by atoms with E-state index >= 15 is 0 Å². The van der Waals surface area contributed by atoms with Gasteiger partial charge in [0.05, 0.1) is 0 Å². The summed E-state index contributed by atoms with van der Waals surface area (Å²) in [7, 11) is 0. The van der Waals surface area contributed by atoms with Crippen molar-refractivity contribution in [2.45, 2.75) is 102 Å². The van der Waals surface area contributed by atoms with Crippen LogP contribution in [0.25, 0.3) is 32.9 Å². The van der Waals surface area contributed by atoms with Crippen LogP contribution in [0.4, 0.5) is 0 Å². The third-order valence-corrected chi connectivity index (χ3v) is 10.3. The molecule has 1 aliphatic rings. The second-order valence-electron chi connectivity index (χ2n) is 12.7. The second kappa shape index (κ2) is 13.5. The van der Waals surface area contributed by atoms with E-state index in [4.69, 9.17) is 14.7 Å². The fourth-order valence-electron chi connectivity index (χ4n) is 5.67. The topological polar surface area (TPSA) is 72.3 Å². The Labute approximate surface area is 276 Å². The van der Waals surface area contributed by atoms with Crippen LogP contribution in [0.5, 0.6) is 11.6 Å². The predicted molar refractivity (Wildman–Crippen MR) is 178 cm³/mol. The third kappa shape index (κ3) is 6.21. The van der Waals surface area contributed by atoms with Crippen molar-refractivity contribution in [2.24, 2.45) is 10.8 Å². The van der Waals surface area contributed by atoms with Crippen LogP contribution in [0.3, 0.4) is 0 Å². The summed E-state index contributed by atoms with van der Waals surface area (Å²) in [6.07, 6.45) is 6.69. The number of hydrogen-bond acceptors (Lipinski definition) is 5. The summed E-state index contributed by atoms with van der Waals surface area (Å²) in [5, 5.41) is 13.4. The molecule has 1 aliphatic heterocycles. The van der Waals surface area contributed by atoms with E-state index in [2.05, 4.69) is 52.8 Å². The molecule has 1 radical (unpaired) electrons. The first-order valence-electron chi connectivity index (χ1n) is 15.6. The maximum Gasteiger partial charge on any atom is 0.164 e. The van der Waals surface area contributed by atoms with Gasteiger partial charge in [0.25, 0.3) is 0 Å². The number of ether oxygens (including phenoxy) is 1. The van der Waals surface area contributed by atoms with E-state index in [1.807, 2.05) is 53.8 Å². The van der Waals surface area contributed by atoms with Crippen LogP contribution in [0, 0.1) is 51.5 Å². The largest absolute Gasteiger partial charge is 0.512 e. The van der Waals surface area contributed by atoms with Crippen LogP contribution in [0.1, 0.15) is 95.0 Å². The minimum absolute atomic E-state index is 0. The molecule has 3 heterocycles. The molecule has 237 valence electrons. The van der Waals surface area contributed by atoms with Crippen LogP contribution in [0.2, 0.25) is 0 Å². The van der Waals surface area contributed by atoms with Gasteiger partial charge in [0.15, 0.2) is 11.7 Å². The van der Waals surface area contributed by atoms with Crippen molar-refractivity contribution in [3.63, 3.8) is 0 Å². The number of aliphatic hydroxyl groups excluding tert-OH is 1. The second-order valence-corrected chi connectivity index (χ2v) is 12.7. The fourth-order valence-corrected chi connectivity index (χ4v) is 5.67. The number of carbonyl (C=O) groups is 1. The quantitative estimate of drug-likeness (QED) is 0.101. The monoisotopic (exact) mass is 772 g/mol. The first-order valence-corrected chi connectivity index (χ1v) is 15.6. The molecule has 0 fully saturated rings. The molecular formula is C38H47IrN2O3-. The van der Waals surface area contributed by atoms with Gasteiger partial charge in [0.1, 0.15) is 11.5 Å². The molecule has 2 aromatic carbocycles. The Hall–Kier alpha value is -3.08. The Morgan fingerprint density at radius 1 is 0.886 bits per heavy atom. The Morgan fingerprint density at radius 3 is 2.09 bits per heavy atom. The maximum absolute atomic E-state index is 12.2. The maximum atomic E-state index is 12.2. The van der Waals surface area contributed by atoms with Crippen molar-refractivity contribution in [1.29, 1.82) is 0 Å². The van der Waals surface area contributed by atoms with Crippen molar-refractivity contribution in [3.8, 4) is 22.9 Å². The molecule has 5 nitrogen and oxygen atoms in total. The number of fused-ring (bicyclic) bond motifs is 3. The van der Waals surface area contributed by atoms with E-state index in [1.165, 1.54) is 33.7 Å². The summed E-state index contributed by atoms with van der Waals surface area (Å²) in [5.74, 6) is 1.71. The van der Waals surface area contributed by atoms with Gasteiger partial charge >= 0.3 is 0 Å². The van der Waals surface area contributed by atoms with Gasteiger partial charge in [0.2, 0.25) is 0 Å². The molecule has 6 heteroatoms. The Morgan fingerprint density at radius 2 is 1.50 bits per heavy atom. The fraction of sp³-hybridized carbons (Fsp3) is 0.447. The van der Waals surface area contributed by atoms with Crippen LogP contribution >= 0.6 is 0 Å². The van der Waals surface area contributed by atoms with Crippen LogP contribution in [-0.2, 0) is 24.9 Å². The molecule has 0 amide bonds. The minimum Gasteiger partial charge on any atom is -0.512 e. The Bertz CT molecular complexity index is 1740. The Balaban J connectivity index is 0.000000260. The van der Waals surface area contributed by atoms with E-state index in [0.29, 0.717) is 5.88 Å². The van der Waals surface area contributed by atoms with Gasteiger partial charge in [-0.1, -0.05) is 69.7 Å². The smallest absolute Gasteiger partial charge is 0.164 e. The van der Waals surface area contributed by atoms with Gasteiger partial charge in [-0.15, -0.1) is 12.1 Å². The van der Waals surface area contributed by atoms with Crippen molar-refractivity contribution in [2.75, 3.05) is 0 Å². The first kappa shape index (κ1) is 35.4. The van der Waals surface area contributed by atoms with E-state index in [1.54, 1.807) is 0 Å². The summed E-state index contributed by atoms with van der Waals surface area (Å²) in [5.41, 5.74) is 8.20. The molecule has 0 aliphatic carbocycles. The molecule has 0 saturated heterocycles. The van der Waals surface area contributed by atoms with Gasteiger partial charge < -0.3 is 9.84 Å². The standard InChI is InChI=1S/C23H19N2O.C15H28O2.Ir/c1-11-6-7-18-20-19(11)13(3)10-24-22(20)17-9-16-8-12(2)14(4)15(5)21(16)25-23(17)26-18;1-7-14(5,8-2)12(16)11-13(17)15(6,9-3)10-4;/h6-8,10H,1-5H3;11,16H,7-10H2,1-6H3;/q-1;;/b;12-11-;. The van der Waals surface area contributed by atoms with Gasteiger partial charge in [-0.05, 0) is 88.4 Å². The summed E-state index contributed by atoms with van der Waals surface area (Å²) in [6, 6.07) is 9.82. The Kier molecular flexibility index (Phi) is 10.9. The molecule has 0 spiro atoms. The van der Waals surface area contributed by atoms with E-state index < -0.39 is 0 Å². The number of benzene rings is 2. The summed E-state index contributed by atoms with van der Waals surface area (Å²) in [4.78, 5) is 21.8. The molecule has 4 aromatic rings. The molecule has 0 bridgehead atoms. The van der Waals surface area contributed by atoms with Crippen LogP contribution in [0.15, 0.2) is 36.2 Å². The molecule has 1 N–H and O–H groups in total. The number of pyridine rings is 2. The number of nitrogens with zero attached hydrogens (tertiary/aromatic N) is 2. The molecule has 44 heavy (non-hydrogen) atoms. The summed E-state index contributed by atoms with van der Waals surface area (Å²) >= 11 is 0. The molecule has 0 unspecified atom stereocenters. The normalized spacial score (nSPS) is 12.7. The average Bonchev–Trinajstić information content (AvgIpc) is 3.00. The minimum atomic E-state index is -0.337. The number of aliphatic hydroxyl groups is 1. The zero-order valence-electron chi connectivity index (χ0n) is 28.2. The molecule has 0 atom stereocenters. The number of aryl methyl sites for hydroxylation is 4. The first-order chi connectivity index (χ1) is 20.2. The number of allylic oxidation sites excluding steroid dienone is 2. The van der Waals surface area contributed by atoms with Gasteiger partial charge in [0, 0.05) is 59.8 Å². The van der Waals surface area contributed by atoms with E-state index in [9.17, 15) is 9.90 Å². The van der Waals surface area contributed by atoms with Crippen molar-refractivity contribution in [3.05, 3.63) is 70.1 Å². The average molecular weight is 772 g/mol. The van der Waals surface area contributed by atoms with Crippen molar-refractivity contribution in [1.82, 2.24) is 9.97 Å². The van der Waals surface area contributed by atoms with Gasteiger partial charge in [-0.2, -0.15) is 0 Å². The summed E-state index contributed by atoms with van der Waals surface area (Å²) < 4.78 is 6.21. The number of aromatic nitrogens is 2. The van der Waals surface area contributed by atoms with Crippen molar-refractivity contribution < 1.29 is 34.7 Å². The van der Waals surface area contributed by atoms with Crippen molar-refractivity contribution >= 4 is 27.5 Å².